The zero-order valence-corrected chi connectivity index (χ0v) is 16.2. The Hall–Kier alpha value is -2.83. The molecule has 0 saturated carbocycles. The SMILES string of the molecule is Cc1cc2n(n1)CCCN2C(=O)CCC(=O)NCc1ccc(N(C)C)cc1. The van der Waals surface area contributed by atoms with Crippen molar-refractivity contribution in [3.8, 4) is 0 Å². The van der Waals surface area contributed by atoms with E-state index in [0.717, 1.165) is 35.7 Å². The molecule has 7 heteroatoms. The predicted octanol–water partition coefficient (Wildman–Crippen LogP) is 2.09. The fraction of sp³-hybridized carbons (Fsp3) is 0.450. The van der Waals surface area contributed by atoms with Gasteiger partial charge in [0.15, 0.2) is 0 Å². The van der Waals surface area contributed by atoms with Crippen LogP contribution in [0, 0.1) is 6.92 Å². The molecule has 0 saturated heterocycles. The number of anilines is 2. The molecule has 2 heterocycles. The van der Waals surface area contributed by atoms with E-state index in [1.165, 1.54) is 0 Å². The predicted molar refractivity (Wildman–Crippen MR) is 106 cm³/mol. The third-order valence-electron chi connectivity index (χ3n) is 4.72. The number of carbonyl (C=O) groups excluding carboxylic acids is 2. The Morgan fingerprint density at radius 3 is 2.59 bits per heavy atom. The molecule has 0 radical (unpaired) electrons. The number of hydrogen-bond acceptors (Lipinski definition) is 4. The second-order valence-corrected chi connectivity index (χ2v) is 7.10. The van der Waals surface area contributed by atoms with Crippen LogP contribution in [0.2, 0.25) is 0 Å². The average molecular weight is 369 g/mol. The standard InChI is InChI=1S/C20H27N5O2/c1-15-13-19-24(11-4-12-25(19)22-15)20(27)10-9-18(26)21-14-16-5-7-17(8-6-16)23(2)3/h5-8,13H,4,9-12,14H2,1-3H3,(H,21,26). The van der Waals surface area contributed by atoms with E-state index in [2.05, 4.69) is 10.4 Å². The molecule has 0 aliphatic carbocycles. The van der Waals surface area contributed by atoms with Gasteiger partial charge in [0, 0.05) is 58.3 Å². The number of carbonyl (C=O) groups is 2. The van der Waals surface area contributed by atoms with Crippen LogP contribution in [0.3, 0.4) is 0 Å². The van der Waals surface area contributed by atoms with Crippen molar-refractivity contribution in [3.05, 3.63) is 41.6 Å². The van der Waals surface area contributed by atoms with Crippen molar-refractivity contribution in [2.24, 2.45) is 0 Å². The molecule has 0 atom stereocenters. The molecular formula is C20H27N5O2. The third-order valence-corrected chi connectivity index (χ3v) is 4.72. The Kier molecular flexibility index (Phi) is 5.78. The highest BCUT2D eigenvalue weighted by molar-refractivity contribution is 5.95. The first kappa shape index (κ1) is 18.9. The van der Waals surface area contributed by atoms with Gasteiger partial charge < -0.3 is 10.2 Å². The minimum Gasteiger partial charge on any atom is -0.378 e. The van der Waals surface area contributed by atoms with Crippen LogP contribution in [0.1, 0.15) is 30.5 Å². The lowest BCUT2D eigenvalue weighted by Crippen LogP contribution is -2.38. The molecule has 1 aromatic heterocycles. The molecule has 1 aliphatic heterocycles. The van der Waals surface area contributed by atoms with Crippen molar-refractivity contribution in [1.82, 2.24) is 15.1 Å². The lowest BCUT2D eigenvalue weighted by atomic mass is 10.2. The largest absolute Gasteiger partial charge is 0.378 e. The number of nitrogens with one attached hydrogen (secondary N) is 1. The van der Waals surface area contributed by atoms with E-state index in [0.29, 0.717) is 13.1 Å². The van der Waals surface area contributed by atoms with Crippen LogP contribution in [0.5, 0.6) is 0 Å². The average Bonchev–Trinajstić information content (AvgIpc) is 3.04. The summed E-state index contributed by atoms with van der Waals surface area (Å²) in [6.07, 6.45) is 1.28. The van der Waals surface area contributed by atoms with E-state index < -0.39 is 0 Å². The van der Waals surface area contributed by atoms with Gasteiger partial charge in [-0.05, 0) is 31.0 Å². The highest BCUT2D eigenvalue weighted by Gasteiger charge is 2.24. The highest BCUT2D eigenvalue weighted by atomic mass is 16.2. The van der Waals surface area contributed by atoms with Crippen molar-refractivity contribution in [3.63, 3.8) is 0 Å². The zero-order valence-electron chi connectivity index (χ0n) is 16.2. The van der Waals surface area contributed by atoms with Gasteiger partial charge in [-0.2, -0.15) is 5.10 Å². The summed E-state index contributed by atoms with van der Waals surface area (Å²) in [5, 5.41) is 7.29. The summed E-state index contributed by atoms with van der Waals surface area (Å²) in [6.45, 7) is 3.91. The second-order valence-electron chi connectivity index (χ2n) is 7.10. The normalized spacial score (nSPS) is 13.2. The molecule has 0 unspecified atom stereocenters. The maximum Gasteiger partial charge on any atom is 0.228 e. The van der Waals surface area contributed by atoms with Crippen LogP contribution in [0.4, 0.5) is 11.5 Å². The van der Waals surface area contributed by atoms with Gasteiger partial charge in [-0.3, -0.25) is 14.5 Å². The molecular weight excluding hydrogens is 342 g/mol. The van der Waals surface area contributed by atoms with Gasteiger partial charge >= 0.3 is 0 Å². The molecule has 2 aromatic rings. The molecule has 27 heavy (non-hydrogen) atoms. The first-order chi connectivity index (χ1) is 12.9. The molecule has 1 aromatic carbocycles. The summed E-state index contributed by atoms with van der Waals surface area (Å²) in [5.41, 5.74) is 3.06. The van der Waals surface area contributed by atoms with E-state index in [1.54, 1.807) is 4.90 Å². The van der Waals surface area contributed by atoms with Crippen molar-refractivity contribution in [1.29, 1.82) is 0 Å². The number of benzene rings is 1. The summed E-state index contributed by atoms with van der Waals surface area (Å²) in [6, 6.07) is 9.96. The minimum absolute atomic E-state index is 0.0265. The topological polar surface area (TPSA) is 70.5 Å². The van der Waals surface area contributed by atoms with E-state index in [-0.39, 0.29) is 24.7 Å². The monoisotopic (exact) mass is 369 g/mol. The van der Waals surface area contributed by atoms with Crippen LogP contribution in [-0.2, 0) is 22.7 Å². The summed E-state index contributed by atoms with van der Waals surface area (Å²) in [5.74, 6) is 0.702. The number of amides is 2. The number of nitrogens with zero attached hydrogens (tertiary/aromatic N) is 4. The van der Waals surface area contributed by atoms with Crippen molar-refractivity contribution < 1.29 is 9.59 Å². The van der Waals surface area contributed by atoms with Crippen molar-refractivity contribution in [2.45, 2.75) is 39.3 Å². The van der Waals surface area contributed by atoms with Gasteiger partial charge in [0.25, 0.3) is 0 Å². The Balaban J connectivity index is 1.47. The molecule has 3 rings (SSSR count). The quantitative estimate of drug-likeness (QED) is 0.846. The van der Waals surface area contributed by atoms with E-state index in [9.17, 15) is 9.59 Å². The van der Waals surface area contributed by atoms with Crippen molar-refractivity contribution >= 4 is 23.3 Å². The summed E-state index contributed by atoms with van der Waals surface area (Å²) < 4.78 is 1.87. The van der Waals surface area contributed by atoms with Gasteiger partial charge in [0.05, 0.1) is 5.69 Å². The third kappa shape index (κ3) is 4.67. The molecule has 144 valence electrons. The molecule has 0 spiro atoms. The van der Waals surface area contributed by atoms with Crippen LogP contribution >= 0.6 is 0 Å². The lowest BCUT2D eigenvalue weighted by molar-refractivity contribution is -0.125. The number of rotatable bonds is 6. The first-order valence-electron chi connectivity index (χ1n) is 9.32. The maximum absolute atomic E-state index is 12.6. The van der Waals surface area contributed by atoms with Crippen LogP contribution in [0.15, 0.2) is 30.3 Å². The van der Waals surface area contributed by atoms with E-state index in [1.807, 2.05) is 60.9 Å². The molecule has 1 N–H and O–H groups in total. The Morgan fingerprint density at radius 1 is 1.15 bits per heavy atom. The molecule has 2 amide bonds. The van der Waals surface area contributed by atoms with E-state index >= 15 is 0 Å². The minimum atomic E-state index is -0.110. The summed E-state index contributed by atoms with van der Waals surface area (Å²) >= 11 is 0. The van der Waals surface area contributed by atoms with Crippen molar-refractivity contribution in [2.75, 3.05) is 30.4 Å². The molecule has 0 bridgehead atoms. The molecule has 0 fully saturated rings. The second kappa shape index (κ2) is 8.24. The first-order valence-corrected chi connectivity index (χ1v) is 9.32. The lowest BCUT2D eigenvalue weighted by Gasteiger charge is -2.27. The van der Waals surface area contributed by atoms with Crippen LogP contribution < -0.4 is 15.1 Å². The smallest absolute Gasteiger partial charge is 0.228 e. The van der Waals surface area contributed by atoms with Gasteiger partial charge in [-0.1, -0.05) is 12.1 Å². The van der Waals surface area contributed by atoms with E-state index in [4.69, 9.17) is 0 Å². The molecule has 7 nitrogen and oxygen atoms in total. The fourth-order valence-electron chi connectivity index (χ4n) is 3.22. The van der Waals surface area contributed by atoms with Gasteiger partial charge in [-0.15, -0.1) is 0 Å². The maximum atomic E-state index is 12.6. The number of aryl methyl sites for hydroxylation is 2. The Labute approximate surface area is 159 Å². The number of aromatic nitrogens is 2. The van der Waals surface area contributed by atoms with Gasteiger partial charge in [0.1, 0.15) is 5.82 Å². The zero-order chi connectivity index (χ0) is 19.4. The fourth-order valence-corrected chi connectivity index (χ4v) is 3.22. The Bertz CT molecular complexity index is 810. The van der Waals surface area contributed by atoms with Crippen LogP contribution in [-0.4, -0.2) is 42.2 Å². The summed E-state index contributed by atoms with van der Waals surface area (Å²) in [4.78, 5) is 28.4. The highest BCUT2D eigenvalue weighted by Crippen LogP contribution is 2.22. The number of fused-ring (bicyclic) bond motifs is 1. The van der Waals surface area contributed by atoms with Gasteiger partial charge in [-0.25, -0.2) is 4.68 Å². The van der Waals surface area contributed by atoms with Gasteiger partial charge in [0.2, 0.25) is 11.8 Å². The number of hydrogen-bond donors (Lipinski definition) is 1. The summed E-state index contributed by atoms with van der Waals surface area (Å²) in [7, 11) is 3.98. The molecule has 1 aliphatic rings. The Morgan fingerprint density at radius 2 is 1.89 bits per heavy atom. The van der Waals surface area contributed by atoms with Crippen LogP contribution in [0.25, 0.3) is 0 Å².